The molecule has 2 heterocycles. The highest BCUT2D eigenvalue weighted by molar-refractivity contribution is 6.19. The number of carbonyl (C=O) groups is 1. The maximum Gasteiger partial charge on any atom is 0.317 e. The topological polar surface area (TPSA) is 92.4 Å². The lowest BCUT2D eigenvalue weighted by Crippen LogP contribution is -2.32. The van der Waals surface area contributed by atoms with Gasteiger partial charge < -0.3 is 15.1 Å². The summed E-state index contributed by atoms with van der Waals surface area (Å²) in [5, 5.41) is 14.2. The van der Waals surface area contributed by atoms with Gasteiger partial charge in [-0.1, -0.05) is 67.5 Å². The molecule has 0 radical (unpaired) electrons. The van der Waals surface area contributed by atoms with Crippen molar-refractivity contribution in [3.63, 3.8) is 0 Å². The van der Waals surface area contributed by atoms with Crippen LogP contribution in [0.15, 0.2) is 64.0 Å². The molecule has 2 aliphatic rings. The molecule has 7 nitrogen and oxygen atoms in total. The number of hydrogen-bond acceptors (Lipinski definition) is 6. The SMILES string of the molecule is CC1(C)C[C@@H]1c1nnc(NC2N=C(c3ccccc3)c3ccccc3NC2=O)o1. The smallest absolute Gasteiger partial charge is 0.317 e. The predicted octanol–water partition coefficient (Wildman–Crippen LogP) is 3.81. The summed E-state index contributed by atoms with van der Waals surface area (Å²) < 4.78 is 5.77. The van der Waals surface area contributed by atoms with Crippen molar-refractivity contribution < 1.29 is 9.21 Å². The quantitative estimate of drug-likeness (QED) is 0.710. The van der Waals surface area contributed by atoms with Gasteiger partial charge in [0.25, 0.3) is 5.91 Å². The van der Waals surface area contributed by atoms with E-state index in [9.17, 15) is 4.79 Å². The molecule has 146 valence electrons. The molecular formula is C22H21N5O2. The summed E-state index contributed by atoms with van der Waals surface area (Å²) in [6.45, 7) is 4.34. The minimum atomic E-state index is -0.891. The minimum Gasteiger partial charge on any atom is -0.408 e. The number of benzodiazepines with no additional fused rings is 1. The molecule has 1 amide bonds. The van der Waals surface area contributed by atoms with Crippen molar-refractivity contribution in [2.45, 2.75) is 32.4 Å². The van der Waals surface area contributed by atoms with Gasteiger partial charge >= 0.3 is 6.01 Å². The molecule has 7 heteroatoms. The van der Waals surface area contributed by atoms with Crippen LogP contribution in [0.2, 0.25) is 0 Å². The lowest BCUT2D eigenvalue weighted by Gasteiger charge is -2.11. The van der Waals surface area contributed by atoms with Crippen LogP contribution in [0.25, 0.3) is 0 Å². The second kappa shape index (κ2) is 6.55. The van der Waals surface area contributed by atoms with E-state index in [1.165, 1.54) is 0 Å². The van der Waals surface area contributed by atoms with Gasteiger partial charge in [0, 0.05) is 17.0 Å². The van der Waals surface area contributed by atoms with E-state index in [0.717, 1.165) is 28.9 Å². The maximum absolute atomic E-state index is 12.8. The summed E-state index contributed by atoms with van der Waals surface area (Å²) >= 11 is 0. The molecule has 1 aliphatic carbocycles. The van der Waals surface area contributed by atoms with Gasteiger partial charge in [0.15, 0.2) is 0 Å². The molecule has 29 heavy (non-hydrogen) atoms. The number of rotatable bonds is 4. The maximum atomic E-state index is 12.8. The normalized spacial score (nSPS) is 22.1. The molecule has 5 rings (SSSR count). The van der Waals surface area contributed by atoms with Crippen LogP contribution in [0.4, 0.5) is 11.7 Å². The highest BCUT2D eigenvalue weighted by Crippen LogP contribution is 2.58. The van der Waals surface area contributed by atoms with Crippen LogP contribution < -0.4 is 10.6 Å². The monoisotopic (exact) mass is 387 g/mol. The van der Waals surface area contributed by atoms with Gasteiger partial charge in [-0.05, 0) is 17.9 Å². The number of anilines is 2. The summed E-state index contributed by atoms with van der Waals surface area (Å²) in [6.07, 6.45) is 0.127. The lowest BCUT2D eigenvalue weighted by atomic mass is 10.0. The molecular weight excluding hydrogens is 366 g/mol. The van der Waals surface area contributed by atoms with Crippen LogP contribution >= 0.6 is 0 Å². The van der Waals surface area contributed by atoms with E-state index in [0.29, 0.717) is 5.89 Å². The summed E-state index contributed by atoms with van der Waals surface area (Å²) in [5.74, 6) is 0.582. The van der Waals surface area contributed by atoms with Crippen molar-refractivity contribution in [2.75, 3.05) is 10.6 Å². The molecule has 0 saturated heterocycles. The third kappa shape index (κ3) is 3.29. The number of fused-ring (bicyclic) bond motifs is 1. The Kier molecular flexibility index (Phi) is 3.97. The molecule has 1 saturated carbocycles. The first kappa shape index (κ1) is 17.6. The number of hydrogen-bond donors (Lipinski definition) is 2. The average Bonchev–Trinajstić information content (AvgIpc) is 3.17. The standard InChI is InChI=1S/C22H21N5O2/c1-22(2)12-15(22)20-26-27-21(29-20)25-18-19(28)23-16-11-7-6-10-14(16)17(24-18)13-8-4-3-5-9-13/h3-11,15,18H,12H2,1-2H3,(H,23,28)(H,25,27)/t15-,18?/m1/s1. The van der Waals surface area contributed by atoms with Crippen LogP contribution in [0.1, 0.15) is 43.2 Å². The molecule has 1 fully saturated rings. The fourth-order valence-corrected chi connectivity index (χ4v) is 3.62. The minimum absolute atomic E-state index is 0.184. The Hall–Kier alpha value is -3.48. The van der Waals surface area contributed by atoms with Crippen LogP contribution in [0, 0.1) is 5.41 Å². The van der Waals surface area contributed by atoms with Gasteiger partial charge in [0.2, 0.25) is 12.1 Å². The second-order valence-corrected chi connectivity index (χ2v) is 8.12. The third-order valence-corrected chi connectivity index (χ3v) is 5.51. The van der Waals surface area contributed by atoms with E-state index in [-0.39, 0.29) is 23.3 Å². The van der Waals surface area contributed by atoms with E-state index in [1.807, 2.05) is 54.6 Å². The number of benzene rings is 2. The largest absolute Gasteiger partial charge is 0.408 e. The fourth-order valence-electron chi connectivity index (χ4n) is 3.62. The third-order valence-electron chi connectivity index (χ3n) is 5.51. The molecule has 2 N–H and O–H groups in total. The molecule has 1 aliphatic heterocycles. The zero-order valence-electron chi connectivity index (χ0n) is 16.2. The molecule has 3 aromatic rings. The Morgan fingerprint density at radius 2 is 1.79 bits per heavy atom. The highest BCUT2D eigenvalue weighted by atomic mass is 16.4. The summed E-state index contributed by atoms with van der Waals surface area (Å²) in [6, 6.07) is 17.6. The van der Waals surface area contributed by atoms with Crippen molar-refractivity contribution in [3.8, 4) is 0 Å². The number of amides is 1. The van der Waals surface area contributed by atoms with Crippen molar-refractivity contribution in [1.82, 2.24) is 10.2 Å². The molecule has 2 aromatic carbocycles. The van der Waals surface area contributed by atoms with E-state index in [4.69, 9.17) is 9.41 Å². The van der Waals surface area contributed by atoms with Crippen LogP contribution in [0.3, 0.4) is 0 Å². The van der Waals surface area contributed by atoms with E-state index >= 15 is 0 Å². The summed E-state index contributed by atoms with van der Waals surface area (Å²) in [4.78, 5) is 17.6. The van der Waals surface area contributed by atoms with Gasteiger partial charge in [-0.2, -0.15) is 0 Å². The van der Waals surface area contributed by atoms with Crippen LogP contribution in [-0.4, -0.2) is 28.0 Å². The van der Waals surface area contributed by atoms with Crippen molar-refractivity contribution in [1.29, 1.82) is 0 Å². The highest BCUT2D eigenvalue weighted by Gasteiger charge is 2.50. The van der Waals surface area contributed by atoms with Crippen molar-refractivity contribution >= 4 is 23.3 Å². The van der Waals surface area contributed by atoms with Crippen molar-refractivity contribution in [3.05, 3.63) is 71.6 Å². The van der Waals surface area contributed by atoms with E-state index < -0.39 is 6.17 Å². The van der Waals surface area contributed by atoms with Crippen LogP contribution in [-0.2, 0) is 4.79 Å². The number of para-hydroxylation sites is 1. The first-order valence-corrected chi connectivity index (χ1v) is 9.65. The fraction of sp³-hybridized carbons (Fsp3) is 0.273. The zero-order chi connectivity index (χ0) is 20.0. The molecule has 0 bridgehead atoms. The van der Waals surface area contributed by atoms with Gasteiger partial charge in [0.1, 0.15) is 0 Å². The Morgan fingerprint density at radius 1 is 1.07 bits per heavy atom. The average molecular weight is 387 g/mol. The first-order valence-electron chi connectivity index (χ1n) is 9.65. The number of aliphatic imine (C=N–C) groups is 1. The number of aromatic nitrogens is 2. The Balaban J connectivity index is 1.49. The van der Waals surface area contributed by atoms with Gasteiger partial charge in [-0.3, -0.25) is 4.79 Å². The molecule has 2 atom stereocenters. The van der Waals surface area contributed by atoms with Crippen LogP contribution in [0.5, 0.6) is 0 Å². The second-order valence-electron chi connectivity index (χ2n) is 8.12. The molecule has 1 aromatic heterocycles. The predicted molar refractivity (Wildman–Crippen MR) is 110 cm³/mol. The number of carbonyl (C=O) groups excluding carboxylic acids is 1. The zero-order valence-corrected chi connectivity index (χ0v) is 16.2. The van der Waals surface area contributed by atoms with Gasteiger partial charge in [-0.25, -0.2) is 4.99 Å². The first-order chi connectivity index (χ1) is 14.0. The molecule has 0 spiro atoms. The Morgan fingerprint density at radius 3 is 2.55 bits per heavy atom. The van der Waals surface area contributed by atoms with Gasteiger partial charge in [0.05, 0.1) is 11.4 Å². The van der Waals surface area contributed by atoms with Crippen molar-refractivity contribution in [2.24, 2.45) is 10.4 Å². The van der Waals surface area contributed by atoms with E-state index in [2.05, 4.69) is 34.7 Å². The lowest BCUT2D eigenvalue weighted by molar-refractivity contribution is -0.116. The summed E-state index contributed by atoms with van der Waals surface area (Å²) in [5.41, 5.74) is 3.41. The number of nitrogens with zero attached hydrogens (tertiary/aromatic N) is 3. The molecule has 1 unspecified atom stereocenters. The van der Waals surface area contributed by atoms with Gasteiger partial charge in [-0.15, -0.1) is 5.10 Å². The Bertz CT molecular complexity index is 1100. The summed E-state index contributed by atoms with van der Waals surface area (Å²) in [7, 11) is 0. The Labute approximate surface area is 168 Å². The van der Waals surface area contributed by atoms with E-state index in [1.54, 1.807) is 0 Å². The number of nitrogens with one attached hydrogen (secondary N) is 2.